The summed E-state index contributed by atoms with van der Waals surface area (Å²) in [5, 5.41) is 11.9. The van der Waals surface area contributed by atoms with E-state index in [0.717, 1.165) is 0 Å². The number of benzene rings is 1. The van der Waals surface area contributed by atoms with Crippen molar-refractivity contribution in [1.29, 1.82) is 0 Å². The van der Waals surface area contributed by atoms with E-state index in [9.17, 15) is 9.59 Å². The molecule has 2 N–H and O–H groups in total. The van der Waals surface area contributed by atoms with Gasteiger partial charge in [-0.1, -0.05) is 11.6 Å². The molecule has 1 aromatic rings. The first-order chi connectivity index (χ1) is 9.88. The largest absolute Gasteiger partial charge is 0.480 e. The van der Waals surface area contributed by atoms with Crippen molar-refractivity contribution in [2.24, 2.45) is 0 Å². The molecule has 0 saturated carbocycles. The number of aliphatic hydroxyl groups excluding tert-OH is 1. The smallest absolute Gasteiger partial charge is 0.330 e. The second-order valence-corrected chi connectivity index (χ2v) is 5.39. The summed E-state index contributed by atoms with van der Waals surface area (Å²) < 4.78 is 10.5. The normalized spacial score (nSPS) is 13.2. The lowest BCUT2D eigenvalue weighted by atomic mass is 10.2. The van der Waals surface area contributed by atoms with E-state index < -0.39 is 30.6 Å². The molecule has 6 nitrogen and oxygen atoms in total. The van der Waals surface area contributed by atoms with E-state index in [-0.39, 0.29) is 0 Å². The number of halogens is 2. The molecule has 0 aliphatic heterocycles. The van der Waals surface area contributed by atoms with Gasteiger partial charge in [-0.15, -0.1) is 0 Å². The van der Waals surface area contributed by atoms with Gasteiger partial charge < -0.3 is 19.9 Å². The fraction of sp³-hybridized carbons (Fsp3) is 0.385. The van der Waals surface area contributed by atoms with Gasteiger partial charge in [-0.25, -0.2) is 4.79 Å². The maximum Gasteiger partial charge on any atom is 0.330 e. The number of hydrogen-bond acceptors (Lipinski definition) is 5. The second-order valence-electron chi connectivity index (χ2n) is 4.10. The van der Waals surface area contributed by atoms with Crippen molar-refractivity contribution < 1.29 is 24.2 Å². The van der Waals surface area contributed by atoms with Crippen LogP contribution in [0.15, 0.2) is 22.7 Å². The zero-order chi connectivity index (χ0) is 16.0. The number of carbonyl (C=O) groups excluding carboxylic acids is 2. The molecule has 0 aromatic heterocycles. The number of esters is 1. The maximum atomic E-state index is 11.9. The Morgan fingerprint density at radius 1 is 1.48 bits per heavy atom. The van der Waals surface area contributed by atoms with Gasteiger partial charge in [0.05, 0.1) is 18.2 Å². The van der Waals surface area contributed by atoms with Gasteiger partial charge in [-0.05, 0) is 41.1 Å². The summed E-state index contributed by atoms with van der Waals surface area (Å²) in [6.45, 7) is 0.956. The molecule has 1 amide bonds. The van der Waals surface area contributed by atoms with Gasteiger partial charge in [0, 0.05) is 5.02 Å². The Morgan fingerprint density at radius 3 is 2.67 bits per heavy atom. The van der Waals surface area contributed by atoms with Crippen LogP contribution in [-0.4, -0.2) is 42.8 Å². The summed E-state index contributed by atoms with van der Waals surface area (Å²) in [6.07, 6.45) is -0.874. The first kappa shape index (κ1) is 17.7. The van der Waals surface area contributed by atoms with Crippen molar-refractivity contribution >= 4 is 39.4 Å². The third-order valence-corrected chi connectivity index (χ3v) is 3.41. The van der Waals surface area contributed by atoms with Crippen molar-refractivity contribution in [3.05, 3.63) is 27.7 Å². The molecule has 0 aliphatic rings. The summed E-state index contributed by atoms with van der Waals surface area (Å²) in [6, 6.07) is 3.74. The van der Waals surface area contributed by atoms with Crippen LogP contribution in [0.4, 0.5) is 0 Å². The number of carbonyl (C=O) groups is 2. The van der Waals surface area contributed by atoms with Crippen LogP contribution in [0, 0.1) is 0 Å². The van der Waals surface area contributed by atoms with Gasteiger partial charge in [0.1, 0.15) is 5.75 Å². The molecule has 116 valence electrons. The third kappa shape index (κ3) is 5.18. The average molecular weight is 381 g/mol. The molecule has 8 heteroatoms. The van der Waals surface area contributed by atoms with Crippen LogP contribution in [0.3, 0.4) is 0 Å². The highest BCUT2D eigenvalue weighted by molar-refractivity contribution is 9.10. The molecule has 0 aliphatic carbocycles. The number of amides is 1. The van der Waals surface area contributed by atoms with E-state index in [2.05, 4.69) is 26.0 Å². The highest BCUT2D eigenvalue weighted by Gasteiger charge is 2.24. The van der Waals surface area contributed by atoms with Gasteiger partial charge in [0.2, 0.25) is 0 Å². The molecule has 0 fully saturated rings. The van der Waals surface area contributed by atoms with Crippen LogP contribution in [0.5, 0.6) is 5.75 Å². The monoisotopic (exact) mass is 379 g/mol. The van der Waals surface area contributed by atoms with Crippen LogP contribution < -0.4 is 10.1 Å². The molecule has 0 bridgehead atoms. The quantitative estimate of drug-likeness (QED) is 0.731. The number of nitrogens with one attached hydrogen (secondary N) is 1. The third-order valence-electron chi connectivity index (χ3n) is 2.55. The highest BCUT2D eigenvalue weighted by Crippen LogP contribution is 2.28. The molecule has 1 rings (SSSR count). The summed E-state index contributed by atoms with van der Waals surface area (Å²) in [7, 11) is 1.17. The first-order valence-electron chi connectivity index (χ1n) is 5.99. The molecule has 0 heterocycles. The van der Waals surface area contributed by atoms with Crippen LogP contribution in [0.25, 0.3) is 0 Å². The van der Waals surface area contributed by atoms with Crippen molar-refractivity contribution in [2.75, 3.05) is 13.7 Å². The van der Waals surface area contributed by atoms with E-state index in [4.69, 9.17) is 21.4 Å². The number of rotatable bonds is 6. The molecule has 0 spiro atoms. The number of aliphatic hydroxyl groups is 1. The van der Waals surface area contributed by atoms with Crippen molar-refractivity contribution in [3.8, 4) is 5.75 Å². The lowest BCUT2D eigenvalue weighted by molar-refractivity contribution is -0.147. The molecule has 1 aromatic carbocycles. The van der Waals surface area contributed by atoms with Crippen LogP contribution >= 0.6 is 27.5 Å². The van der Waals surface area contributed by atoms with Crippen molar-refractivity contribution in [1.82, 2.24) is 5.32 Å². The van der Waals surface area contributed by atoms with Crippen LogP contribution in [-0.2, 0) is 14.3 Å². The van der Waals surface area contributed by atoms with Crippen molar-refractivity contribution in [2.45, 2.75) is 19.1 Å². The van der Waals surface area contributed by atoms with E-state index >= 15 is 0 Å². The Hall–Kier alpha value is -1.31. The Bertz CT molecular complexity index is 525. The summed E-state index contributed by atoms with van der Waals surface area (Å²) in [4.78, 5) is 23.2. The molecular weight excluding hydrogens is 366 g/mol. The molecule has 2 atom stereocenters. The van der Waals surface area contributed by atoms with Crippen molar-refractivity contribution in [3.63, 3.8) is 0 Å². The fourth-order valence-electron chi connectivity index (χ4n) is 1.43. The Kier molecular flexibility index (Phi) is 6.94. The standard InChI is InChI=1S/C13H15BrClNO5/c1-7(12(18)16-10(6-17)13(19)20-2)21-11-4-3-8(15)5-9(11)14/h3-5,7,10,17H,6H2,1-2H3,(H,16,18)/t7-,10+/m1/s1. The molecule has 0 unspecified atom stereocenters. The van der Waals surface area contributed by atoms with Gasteiger partial charge in [-0.2, -0.15) is 0 Å². The van der Waals surface area contributed by atoms with Gasteiger partial charge in [0.25, 0.3) is 5.91 Å². The van der Waals surface area contributed by atoms with Gasteiger partial charge in [0.15, 0.2) is 12.1 Å². The lowest BCUT2D eigenvalue weighted by Crippen LogP contribution is -2.48. The first-order valence-corrected chi connectivity index (χ1v) is 7.17. The van der Waals surface area contributed by atoms with Crippen LogP contribution in [0.2, 0.25) is 5.02 Å². The minimum atomic E-state index is -1.12. The highest BCUT2D eigenvalue weighted by atomic mass is 79.9. The molecule has 0 saturated heterocycles. The van der Waals surface area contributed by atoms with E-state index in [1.54, 1.807) is 18.2 Å². The second kappa shape index (κ2) is 8.21. The van der Waals surface area contributed by atoms with Gasteiger partial charge >= 0.3 is 5.97 Å². The zero-order valence-electron chi connectivity index (χ0n) is 11.4. The summed E-state index contributed by atoms with van der Waals surface area (Å²) in [5.41, 5.74) is 0. The number of methoxy groups -OCH3 is 1. The predicted octanol–water partition coefficient (Wildman–Crippen LogP) is 1.52. The Labute approximate surface area is 135 Å². The van der Waals surface area contributed by atoms with Gasteiger partial charge in [-0.3, -0.25) is 4.79 Å². The van der Waals surface area contributed by atoms with E-state index in [1.807, 2.05) is 0 Å². The molecular formula is C13H15BrClNO5. The molecule has 21 heavy (non-hydrogen) atoms. The Morgan fingerprint density at radius 2 is 2.14 bits per heavy atom. The minimum absolute atomic E-state index is 0.431. The summed E-state index contributed by atoms with van der Waals surface area (Å²) >= 11 is 9.08. The Balaban J connectivity index is 2.68. The SMILES string of the molecule is COC(=O)[C@H](CO)NC(=O)[C@@H](C)Oc1ccc(Cl)cc1Br. The minimum Gasteiger partial charge on any atom is -0.480 e. The summed E-state index contributed by atoms with van der Waals surface area (Å²) in [5.74, 6) is -0.854. The number of hydrogen-bond donors (Lipinski definition) is 2. The average Bonchev–Trinajstić information content (AvgIpc) is 2.46. The predicted molar refractivity (Wildman–Crippen MR) is 80.3 cm³/mol. The van der Waals surface area contributed by atoms with Crippen LogP contribution in [0.1, 0.15) is 6.92 Å². The zero-order valence-corrected chi connectivity index (χ0v) is 13.8. The topological polar surface area (TPSA) is 84.9 Å². The fourth-order valence-corrected chi connectivity index (χ4v) is 2.20. The lowest BCUT2D eigenvalue weighted by Gasteiger charge is -2.19. The van der Waals surface area contributed by atoms with E-state index in [1.165, 1.54) is 14.0 Å². The van der Waals surface area contributed by atoms with E-state index in [0.29, 0.717) is 15.2 Å². The molecule has 0 radical (unpaired) electrons. The number of ether oxygens (including phenoxy) is 2. The maximum absolute atomic E-state index is 11.9.